The van der Waals surface area contributed by atoms with Crippen molar-refractivity contribution in [1.29, 1.82) is 0 Å². The number of hydrogen-bond donors (Lipinski definition) is 0. The number of benzene rings is 1. The minimum atomic E-state index is 0.263. The van der Waals surface area contributed by atoms with Crippen LogP contribution in [0.5, 0.6) is 0 Å². The highest BCUT2D eigenvalue weighted by molar-refractivity contribution is 9.10. The second-order valence-corrected chi connectivity index (χ2v) is 6.93. The molecular weight excluding hydrogens is 336 g/mol. The lowest BCUT2D eigenvalue weighted by atomic mass is 10.1. The average Bonchev–Trinajstić information content (AvgIpc) is 2.83. The summed E-state index contributed by atoms with van der Waals surface area (Å²) in [7, 11) is 2.00. The second-order valence-electron chi connectivity index (χ2n) is 5.00. The van der Waals surface area contributed by atoms with E-state index >= 15 is 0 Å². The highest BCUT2D eigenvalue weighted by Crippen LogP contribution is 2.29. The standard InChI is InChI=1S/C15H17BrN2OS/c1-10(2)14-13(9-19)20-15(17-14)18(3)8-11-5-4-6-12(16)7-11/h4-7,9-10H,8H2,1-3H3. The van der Waals surface area contributed by atoms with E-state index in [0.717, 1.165) is 33.0 Å². The Morgan fingerprint density at radius 3 is 2.75 bits per heavy atom. The summed E-state index contributed by atoms with van der Waals surface area (Å²) in [6.07, 6.45) is 0.906. The Hall–Kier alpha value is -1.20. The monoisotopic (exact) mass is 352 g/mol. The van der Waals surface area contributed by atoms with Gasteiger partial charge in [-0.25, -0.2) is 4.98 Å². The van der Waals surface area contributed by atoms with Gasteiger partial charge in [-0.3, -0.25) is 4.79 Å². The van der Waals surface area contributed by atoms with Crippen molar-refractivity contribution in [2.24, 2.45) is 0 Å². The molecule has 106 valence electrons. The highest BCUT2D eigenvalue weighted by atomic mass is 79.9. The van der Waals surface area contributed by atoms with E-state index in [1.807, 2.05) is 19.2 Å². The van der Waals surface area contributed by atoms with E-state index in [-0.39, 0.29) is 5.92 Å². The third-order valence-corrected chi connectivity index (χ3v) is 4.56. The van der Waals surface area contributed by atoms with E-state index in [1.165, 1.54) is 16.9 Å². The van der Waals surface area contributed by atoms with Crippen LogP contribution in [0.2, 0.25) is 0 Å². The van der Waals surface area contributed by atoms with Gasteiger partial charge in [0.05, 0.1) is 10.6 Å². The molecule has 3 nitrogen and oxygen atoms in total. The number of aromatic nitrogens is 1. The van der Waals surface area contributed by atoms with Crippen molar-refractivity contribution in [3.05, 3.63) is 44.9 Å². The molecule has 1 heterocycles. The lowest BCUT2D eigenvalue weighted by Crippen LogP contribution is -2.16. The lowest BCUT2D eigenvalue weighted by molar-refractivity contribution is 0.112. The molecule has 0 amide bonds. The molecule has 1 aromatic heterocycles. The molecule has 0 aliphatic rings. The zero-order chi connectivity index (χ0) is 14.7. The van der Waals surface area contributed by atoms with Gasteiger partial charge in [0.2, 0.25) is 0 Å². The van der Waals surface area contributed by atoms with Crippen LogP contribution >= 0.6 is 27.3 Å². The molecule has 2 aromatic rings. The summed E-state index contributed by atoms with van der Waals surface area (Å²) >= 11 is 4.93. The van der Waals surface area contributed by atoms with E-state index < -0.39 is 0 Å². The number of hydrogen-bond acceptors (Lipinski definition) is 4. The molecule has 0 atom stereocenters. The number of thiazole rings is 1. The molecule has 2 rings (SSSR count). The first-order valence-electron chi connectivity index (χ1n) is 6.42. The van der Waals surface area contributed by atoms with Gasteiger partial charge in [-0.15, -0.1) is 0 Å². The maximum Gasteiger partial charge on any atom is 0.186 e. The number of nitrogens with zero attached hydrogens (tertiary/aromatic N) is 2. The van der Waals surface area contributed by atoms with Crippen molar-refractivity contribution in [2.45, 2.75) is 26.3 Å². The summed E-state index contributed by atoms with van der Waals surface area (Å²) in [5.41, 5.74) is 2.09. The number of carbonyl (C=O) groups is 1. The Morgan fingerprint density at radius 1 is 1.45 bits per heavy atom. The first-order chi connectivity index (χ1) is 9.51. The molecule has 0 N–H and O–H groups in total. The van der Waals surface area contributed by atoms with Crippen molar-refractivity contribution >= 4 is 38.7 Å². The van der Waals surface area contributed by atoms with Crippen molar-refractivity contribution in [2.75, 3.05) is 11.9 Å². The van der Waals surface area contributed by atoms with E-state index in [2.05, 4.69) is 51.8 Å². The normalized spacial score (nSPS) is 10.8. The zero-order valence-electron chi connectivity index (χ0n) is 11.8. The van der Waals surface area contributed by atoms with Crippen LogP contribution in [-0.4, -0.2) is 18.3 Å². The van der Waals surface area contributed by atoms with Crippen LogP contribution in [0.25, 0.3) is 0 Å². The van der Waals surface area contributed by atoms with Gasteiger partial charge >= 0.3 is 0 Å². The summed E-state index contributed by atoms with van der Waals surface area (Å²) in [5.74, 6) is 0.263. The number of halogens is 1. The predicted molar refractivity (Wildman–Crippen MR) is 87.8 cm³/mol. The number of aldehydes is 1. The van der Waals surface area contributed by atoms with Crippen LogP contribution in [0.3, 0.4) is 0 Å². The molecule has 0 saturated heterocycles. The Kier molecular flexibility index (Phi) is 4.94. The van der Waals surface area contributed by atoms with Crippen LogP contribution in [0.1, 0.15) is 40.7 Å². The number of rotatable bonds is 5. The average molecular weight is 353 g/mol. The van der Waals surface area contributed by atoms with Crippen molar-refractivity contribution < 1.29 is 4.79 Å². The minimum Gasteiger partial charge on any atom is -0.347 e. The minimum absolute atomic E-state index is 0.263. The van der Waals surface area contributed by atoms with Gasteiger partial charge < -0.3 is 4.90 Å². The van der Waals surface area contributed by atoms with E-state index in [0.29, 0.717) is 0 Å². The molecule has 20 heavy (non-hydrogen) atoms. The maximum atomic E-state index is 11.1. The van der Waals surface area contributed by atoms with Crippen LogP contribution in [-0.2, 0) is 6.54 Å². The van der Waals surface area contributed by atoms with Gasteiger partial charge in [0.1, 0.15) is 0 Å². The lowest BCUT2D eigenvalue weighted by Gasteiger charge is -2.15. The summed E-state index contributed by atoms with van der Waals surface area (Å²) in [4.78, 5) is 18.5. The molecule has 0 aliphatic carbocycles. The first-order valence-corrected chi connectivity index (χ1v) is 8.03. The fourth-order valence-electron chi connectivity index (χ4n) is 1.97. The van der Waals surface area contributed by atoms with Gasteiger partial charge in [-0.05, 0) is 23.6 Å². The molecule has 0 radical (unpaired) electrons. The van der Waals surface area contributed by atoms with Crippen molar-refractivity contribution in [3.8, 4) is 0 Å². The van der Waals surface area contributed by atoms with E-state index in [4.69, 9.17) is 0 Å². The Labute approximate surface area is 131 Å². The number of anilines is 1. The molecule has 5 heteroatoms. The SMILES string of the molecule is CC(C)c1nc(N(C)Cc2cccc(Br)c2)sc1C=O. The maximum absolute atomic E-state index is 11.1. The molecule has 1 aromatic carbocycles. The number of carbonyl (C=O) groups excluding carboxylic acids is 1. The third-order valence-electron chi connectivity index (χ3n) is 2.96. The fourth-order valence-corrected chi connectivity index (χ4v) is 3.41. The van der Waals surface area contributed by atoms with E-state index in [9.17, 15) is 4.79 Å². The van der Waals surface area contributed by atoms with Crippen LogP contribution in [0.4, 0.5) is 5.13 Å². The van der Waals surface area contributed by atoms with Crippen molar-refractivity contribution in [3.63, 3.8) is 0 Å². The topological polar surface area (TPSA) is 33.2 Å². The van der Waals surface area contributed by atoms with Crippen LogP contribution in [0, 0.1) is 0 Å². The van der Waals surface area contributed by atoms with Crippen LogP contribution < -0.4 is 4.90 Å². The van der Waals surface area contributed by atoms with Gasteiger partial charge in [0.15, 0.2) is 11.4 Å². The predicted octanol–water partition coefficient (Wildman–Crippen LogP) is 4.48. The fraction of sp³-hybridized carbons (Fsp3) is 0.333. The quantitative estimate of drug-likeness (QED) is 0.743. The highest BCUT2D eigenvalue weighted by Gasteiger charge is 2.16. The first kappa shape index (κ1) is 15.2. The van der Waals surface area contributed by atoms with Gasteiger partial charge in [0.25, 0.3) is 0 Å². The smallest absolute Gasteiger partial charge is 0.186 e. The molecule has 0 unspecified atom stereocenters. The Bertz CT molecular complexity index is 610. The second kappa shape index (κ2) is 6.50. The molecule has 0 aliphatic heterocycles. The summed E-state index contributed by atoms with van der Waals surface area (Å²) < 4.78 is 1.07. The van der Waals surface area contributed by atoms with Crippen LogP contribution in [0.15, 0.2) is 28.7 Å². The Balaban J connectivity index is 2.21. The van der Waals surface area contributed by atoms with E-state index in [1.54, 1.807) is 0 Å². The molecule has 0 bridgehead atoms. The Morgan fingerprint density at radius 2 is 2.20 bits per heavy atom. The summed E-state index contributed by atoms with van der Waals surface area (Å²) in [5, 5.41) is 0.885. The molecular formula is C15H17BrN2OS. The summed E-state index contributed by atoms with van der Waals surface area (Å²) in [6, 6.07) is 8.20. The molecule has 0 saturated carbocycles. The van der Waals surface area contributed by atoms with Gasteiger partial charge in [-0.1, -0.05) is 53.2 Å². The zero-order valence-corrected chi connectivity index (χ0v) is 14.2. The van der Waals surface area contributed by atoms with Gasteiger partial charge in [-0.2, -0.15) is 0 Å². The van der Waals surface area contributed by atoms with Crippen molar-refractivity contribution in [1.82, 2.24) is 4.98 Å². The molecule has 0 fully saturated rings. The largest absolute Gasteiger partial charge is 0.347 e. The van der Waals surface area contributed by atoms with Gasteiger partial charge in [0, 0.05) is 18.1 Å². The third kappa shape index (κ3) is 3.46. The summed E-state index contributed by atoms with van der Waals surface area (Å²) in [6.45, 7) is 4.88. The molecule has 0 spiro atoms.